The smallest absolute Gasteiger partial charge is 0.247 e. The van der Waals surface area contributed by atoms with Crippen molar-refractivity contribution < 1.29 is 39.9 Å². The van der Waals surface area contributed by atoms with E-state index >= 15 is 0 Å². The fraction of sp³-hybridized carbons (Fsp3) is 0.600. The number of aryl methyl sites for hydroxylation is 1. The van der Waals surface area contributed by atoms with E-state index in [1.54, 1.807) is 26.0 Å². The minimum Gasteiger partial charge on any atom is -0.508 e. The van der Waals surface area contributed by atoms with Crippen molar-refractivity contribution in [3.8, 4) is 5.75 Å². The average molecular weight is 710 g/mol. The highest BCUT2D eigenvalue weighted by molar-refractivity contribution is 5.93. The predicted octanol–water partition coefficient (Wildman–Crippen LogP) is 3.42. The molecule has 11 heteroatoms. The van der Waals surface area contributed by atoms with Crippen LogP contribution >= 0.6 is 0 Å². The molecule has 2 amide bonds. The molecule has 0 spiro atoms. The monoisotopic (exact) mass is 709 g/mol. The summed E-state index contributed by atoms with van der Waals surface area (Å²) in [7, 11) is 4.12. The second-order valence-corrected chi connectivity index (χ2v) is 16.0. The first-order valence-corrected chi connectivity index (χ1v) is 18.0. The van der Waals surface area contributed by atoms with E-state index in [1.165, 1.54) is 0 Å². The first-order valence-electron chi connectivity index (χ1n) is 18.0. The van der Waals surface area contributed by atoms with Gasteiger partial charge in [-0.2, -0.15) is 0 Å². The topological polar surface area (TPSA) is 163 Å². The molecule has 2 aliphatic heterocycles. The number of aromatic hydroxyl groups is 1. The summed E-state index contributed by atoms with van der Waals surface area (Å²) >= 11 is 0. The number of carbonyl (C=O) groups excluding carboxylic acids is 2. The first kappa shape index (κ1) is 40.5. The number of amides is 2. The number of carbonyl (C=O) groups is 2. The Morgan fingerprint density at radius 2 is 1.65 bits per heavy atom. The van der Waals surface area contributed by atoms with Gasteiger partial charge in [0.2, 0.25) is 11.8 Å². The second kappa shape index (κ2) is 16.1. The van der Waals surface area contributed by atoms with Gasteiger partial charge in [0.25, 0.3) is 0 Å². The largest absolute Gasteiger partial charge is 0.508 e. The second-order valence-electron chi connectivity index (χ2n) is 16.0. The van der Waals surface area contributed by atoms with Gasteiger partial charge in [-0.3, -0.25) is 9.59 Å². The van der Waals surface area contributed by atoms with Crippen LogP contribution in [-0.2, 0) is 20.7 Å². The highest BCUT2D eigenvalue weighted by Gasteiger charge is 2.45. The molecular weight excluding hydrogens is 650 g/mol. The zero-order chi connectivity index (χ0) is 38.0. The van der Waals surface area contributed by atoms with E-state index in [-0.39, 0.29) is 29.0 Å². The van der Waals surface area contributed by atoms with Crippen LogP contribution in [0.5, 0.6) is 5.75 Å². The minimum absolute atomic E-state index is 0.0706. The summed E-state index contributed by atoms with van der Waals surface area (Å²) in [5.41, 5.74) is 3.11. The van der Waals surface area contributed by atoms with Crippen LogP contribution in [0.1, 0.15) is 99.8 Å². The normalized spacial score (nSPS) is 23.7. The molecule has 2 aromatic rings. The number of hydrogen-bond acceptors (Lipinski definition) is 9. The Balaban J connectivity index is 1.48. The lowest BCUT2D eigenvalue weighted by molar-refractivity contribution is -0.232. The number of piperidine rings is 1. The van der Waals surface area contributed by atoms with Crippen LogP contribution in [0.25, 0.3) is 6.08 Å². The molecule has 2 saturated heterocycles. The van der Waals surface area contributed by atoms with E-state index in [0.717, 1.165) is 40.7 Å². The number of hydrogen-bond donors (Lipinski definition) is 6. The third-order valence-corrected chi connectivity index (χ3v) is 10.6. The molecule has 51 heavy (non-hydrogen) atoms. The number of ether oxygens (including phenoxy) is 1. The number of benzene rings is 2. The molecule has 0 bridgehead atoms. The van der Waals surface area contributed by atoms with Gasteiger partial charge in [-0.15, -0.1) is 0 Å². The molecule has 0 radical (unpaired) electrons. The molecule has 2 heterocycles. The summed E-state index contributed by atoms with van der Waals surface area (Å²) in [4.78, 5) is 30.9. The minimum atomic E-state index is -1.56. The summed E-state index contributed by atoms with van der Waals surface area (Å²) in [5.74, 6) is -0.347. The summed E-state index contributed by atoms with van der Waals surface area (Å²) in [6.45, 7) is 14.0. The number of nitrogens with zero attached hydrogens (tertiary/aromatic N) is 2. The van der Waals surface area contributed by atoms with Gasteiger partial charge in [-0.25, -0.2) is 0 Å². The van der Waals surface area contributed by atoms with Crippen LogP contribution in [0.4, 0.5) is 0 Å². The number of phenols is 1. The van der Waals surface area contributed by atoms with Crippen molar-refractivity contribution in [2.45, 2.75) is 116 Å². The first-order chi connectivity index (χ1) is 23.8. The maximum Gasteiger partial charge on any atom is 0.247 e. The fourth-order valence-electron chi connectivity index (χ4n) is 7.03. The van der Waals surface area contributed by atoms with E-state index in [1.807, 2.05) is 69.9 Å². The van der Waals surface area contributed by atoms with Gasteiger partial charge in [-0.05, 0) is 114 Å². The molecule has 282 valence electrons. The molecule has 0 aromatic heterocycles. The number of aliphatic hydroxyl groups is 4. The standard InChI is InChI=1S/C40H59N3O8/c1-23(2)29-21-31(45)30(36-35(48)34(47)33(46)32(22-44)51-36)20-27(29)19-26-11-10-25(18-24(26)3)12-15-39(4,5)37(49)41-40(6,7)38(50)43-16-13-28(14-17-43)42(8)9/h10-12,15,18,20-21,23,28,32-36,44-48H,13-14,16-17,19,22H2,1-9H3,(H,41,49)/b15-12+/t32-,33-,34+,35-,36+/m1/s1. The van der Waals surface area contributed by atoms with Crippen LogP contribution in [0.2, 0.25) is 0 Å². The zero-order valence-electron chi connectivity index (χ0n) is 31.7. The van der Waals surface area contributed by atoms with Crippen molar-refractivity contribution in [3.05, 3.63) is 69.8 Å². The summed E-state index contributed by atoms with van der Waals surface area (Å²) < 4.78 is 5.76. The Labute approximate surface area is 302 Å². The third kappa shape index (κ3) is 9.19. The van der Waals surface area contributed by atoms with Crippen LogP contribution in [0.3, 0.4) is 0 Å². The van der Waals surface area contributed by atoms with Gasteiger partial charge in [0.1, 0.15) is 41.8 Å². The highest BCUT2D eigenvalue weighted by Crippen LogP contribution is 2.40. The summed E-state index contributed by atoms with van der Waals surface area (Å²) in [6, 6.07) is 9.91. The predicted molar refractivity (Wildman–Crippen MR) is 197 cm³/mol. The lowest BCUT2D eigenvalue weighted by Gasteiger charge is -2.40. The molecule has 4 rings (SSSR count). The van der Waals surface area contributed by atoms with Crippen molar-refractivity contribution in [3.63, 3.8) is 0 Å². The van der Waals surface area contributed by atoms with E-state index in [4.69, 9.17) is 4.74 Å². The van der Waals surface area contributed by atoms with Crippen molar-refractivity contribution in [1.29, 1.82) is 0 Å². The number of likely N-dealkylation sites (tertiary alicyclic amines) is 1. The van der Waals surface area contributed by atoms with E-state index in [0.29, 0.717) is 25.6 Å². The van der Waals surface area contributed by atoms with Gasteiger partial charge in [-0.1, -0.05) is 44.2 Å². The molecule has 2 fully saturated rings. The lowest BCUT2D eigenvalue weighted by atomic mass is 9.85. The number of aliphatic hydroxyl groups excluding tert-OH is 4. The Morgan fingerprint density at radius 3 is 2.22 bits per heavy atom. The van der Waals surface area contributed by atoms with Crippen LogP contribution in [0.15, 0.2) is 36.4 Å². The molecule has 11 nitrogen and oxygen atoms in total. The average Bonchev–Trinajstić information content (AvgIpc) is 3.07. The fourth-order valence-corrected chi connectivity index (χ4v) is 7.03. The Kier molecular flexibility index (Phi) is 12.8. The van der Waals surface area contributed by atoms with Crippen molar-refractivity contribution >= 4 is 17.9 Å². The third-order valence-electron chi connectivity index (χ3n) is 10.6. The van der Waals surface area contributed by atoms with Crippen LogP contribution < -0.4 is 5.32 Å². The van der Waals surface area contributed by atoms with Gasteiger partial charge < -0.3 is 45.4 Å². The maximum absolute atomic E-state index is 13.5. The Hall–Kier alpha value is -3.32. The number of nitrogens with one attached hydrogen (secondary N) is 1. The SMILES string of the molecule is Cc1cc(/C=C/C(C)(C)C(=O)NC(C)(C)C(=O)N2CCC(N(C)C)CC2)ccc1Cc1cc([C@@H]2O[C@H](CO)[C@@H](O)[C@H](O)[C@H]2O)c(O)cc1C(C)C. The van der Waals surface area contributed by atoms with Crippen molar-refractivity contribution in [2.24, 2.45) is 5.41 Å². The lowest BCUT2D eigenvalue weighted by Crippen LogP contribution is -2.59. The van der Waals surface area contributed by atoms with Gasteiger partial charge >= 0.3 is 0 Å². The van der Waals surface area contributed by atoms with Gasteiger partial charge in [0.05, 0.1) is 12.0 Å². The van der Waals surface area contributed by atoms with Gasteiger partial charge in [0, 0.05) is 24.7 Å². The summed E-state index contributed by atoms with van der Waals surface area (Å²) in [6.07, 6.45) is -0.719. The van der Waals surface area contributed by atoms with E-state index in [2.05, 4.69) is 24.3 Å². The highest BCUT2D eigenvalue weighted by atomic mass is 16.5. The maximum atomic E-state index is 13.5. The number of phenolic OH excluding ortho intramolecular Hbond substituents is 1. The van der Waals surface area contributed by atoms with Crippen LogP contribution in [-0.4, -0.2) is 117 Å². The molecule has 6 N–H and O–H groups in total. The van der Waals surface area contributed by atoms with Crippen molar-refractivity contribution in [1.82, 2.24) is 15.1 Å². The van der Waals surface area contributed by atoms with Crippen LogP contribution in [0, 0.1) is 12.3 Å². The Morgan fingerprint density at radius 1 is 1.00 bits per heavy atom. The Bertz CT molecular complexity index is 1580. The molecule has 0 saturated carbocycles. The zero-order valence-corrected chi connectivity index (χ0v) is 31.7. The molecule has 5 atom stereocenters. The molecular formula is C40H59N3O8. The molecule has 2 aliphatic rings. The quantitative estimate of drug-likeness (QED) is 0.205. The number of rotatable bonds is 11. The molecule has 0 aliphatic carbocycles. The molecule has 0 unspecified atom stereocenters. The van der Waals surface area contributed by atoms with Crippen molar-refractivity contribution in [2.75, 3.05) is 33.8 Å². The van der Waals surface area contributed by atoms with Gasteiger partial charge in [0.15, 0.2) is 0 Å². The van der Waals surface area contributed by atoms with E-state index < -0.39 is 48.1 Å². The molecule has 2 aromatic carbocycles. The van der Waals surface area contributed by atoms with E-state index in [9.17, 15) is 35.1 Å². The summed E-state index contributed by atoms with van der Waals surface area (Å²) in [5, 5.41) is 55.1.